The molecule has 5 aromatic rings. The van der Waals surface area contributed by atoms with Crippen LogP contribution in [0, 0.1) is 5.92 Å². The molecule has 4 N–H and O–H groups in total. The SMILES string of the molecule is C=C(C)[C@H](NC(=O)OC)C(=O)N1CCC[C@H]1c1ncc(-c2ccc(-c3ccc(-c4cnc([C@@H]5CN(C(=O)N6Cc7ccc(Cl)cc7C6)CN5C(=O)[C@@H](NC(=O)OC)C(C)C)[nH]4)cc3)cc2)[nH]1. The van der Waals surface area contributed by atoms with Crippen LogP contribution in [0.1, 0.15) is 68.5 Å². The van der Waals surface area contributed by atoms with E-state index in [9.17, 15) is 24.0 Å². The van der Waals surface area contributed by atoms with E-state index in [1.807, 2.05) is 80.6 Å². The van der Waals surface area contributed by atoms with Gasteiger partial charge in [0.25, 0.3) is 0 Å². The van der Waals surface area contributed by atoms with Crippen molar-refractivity contribution in [2.45, 2.75) is 70.9 Å². The molecular weight excluding hydrogens is 864 g/mol. The van der Waals surface area contributed by atoms with Crippen molar-refractivity contribution in [2.75, 3.05) is 34.0 Å². The van der Waals surface area contributed by atoms with Gasteiger partial charge in [-0.15, -0.1) is 0 Å². The van der Waals surface area contributed by atoms with Crippen LogP contribution in [0.4, 0.5) is 14.4 Å². The normalized spacial score (nSPS) is 17.7. The van der Waals surface area contributed by atoms with E-state index in [-0.39, 0.29) is 43.0 Å². The Morgan fingerprint density at radius 3 is 1.88 bits per heavy atom. The fraction of sp³-hybridized carbons (Fsp3) is 0.354. The molecule has 0 saturated carbocycles. The highest BCUT2D eigenvalue weighted by Gasteiger charge is 2.44. The van der Waals surface area contributed by atoms with Crippen molar-refractivity contribution in [1.82, 2.24) is 50.2 Å². The summed E-state index contributed by atoms with van der Waals surface area (Å²) in [6.07, 6.45) is 3.59. The number of hydrogen-bond donors (Lipinski definition) is 4. The van der Waals surface area contributed by atoms with Crippen molar-refractivity contribution in [3.8, 4) is 33.6 Å². The maximum atomic E-state index is 14.3. The summed E-state index contributed by atoms with van der Waals surface area (Å²) in [7, 11) is 2.50. The number of nitrogens with one attached hydrogen (secondary N) is 4. The number of rotatable bonds is 11. The van der Waals surface area contributed by atoms with Crippen LogP contribution in [0.15, 0.2) is 91.3 Å². The lowest BCUT2D eigenvalue weighted by molar-refractivity contribution is -0.136. The topological polar surface area (TPSA) is 198 Å². The lowest BCUT2D eigenvalue weighted by Crippen LogP contribution is -2.52. The number of nitrogens with zero attached hydrogens (tertiary/aromatic N) is 6. The molecule has 18 heteroatoms. The standard InChI is InChI=1S/C48H53ClN10O7/c1-27(2)40(54-46(62)65-5)44(60)58-19-7-8-38(58)42-50-21-36(52-42)31-13-9-29(10-14-31)30-11-15-32(16-12-30)37-22-51-43(53-37)39-25-57(26-59(39)45(61)41(28(3)4)55-47(63)66-6)48(64)56-23-33-17-18-35(49)20-34(33)24-56/h9-18,20-22,28,38-41H,1,7-8,19,23-26H2,2-6H3,(H,50,52)(H,51,53)(H,54,62)(H,55,63)/t38-,39-,40-,41-/m0/s1. The van der Waals surface area contributed by atoms with Gasteiger partial charge in [0, 0.05) is 24.7 Å². The summed E-state index contributed by atoms with van der Waals surface area (Å²) in [5.41, 5.74) is 7.86. The third-order valence-electron chi connectivity index (χ3n) is 12.5. The van der Waals surface area contributed by atoms with E-state index in [4.69, 9.17) is 26.1 Å². The summed E-state index contributed by atoms with van der Waals surface area (Å²) in [6.45, 7) is 10.8. The molecule has 4 atom stereocenters. The van der Waals surface area contributed by atoms with Crippen LogP contribution in [-0.4, -0.2) is 116 Å². The second-order valence-corrected chi connectivity index (χ2v) is 17.7. The number of hydrogen-bond acceptors (Lipinski definition) is 9. The van der Waals surface area contributed by atoms with Crippen LogP contribution in [0.5, 0.6) is 0 Å². The fourth-order valence-corrected chi connectivity index (χ4v) is 9.06. The lowest BCUT2D eigenvalue weighted by atomic mass is 10.0. The van der Waals surface area contributed by atoms with Crippen molar-refractivity contribution in [1.29, 1.82) is 0 Å². The number of fused-ring (bicyclic) bond motifs is 1. The van der Waals surface area contributed by atoms with Gasteiger partial charge in [0.2, 0.25) is 11.8 Å². The molecule has 2 aromatic heterocycles. The van der Waals surface area contributed by atoms with Crippen molar-refractivity contribution >= 4 is 41.6 Å². The van der Waals surface area contributed by atoms with Gasteiger partial charge in [-0.25, -0.2) is 24.4 Å². The van der Waals surface area contributed by atoms with Crippen LogP contribution < -0.4 is 10.6 Å². The number of aromatic amines is 2. The zero-order valence-corrected chi connectivity index (χ0v) is 38.2. The van der Waals surface area contributed by atoms with Crippen LogP contribution in [0.3, 0.4) is 0 Å². The number of amides is 6. The maximum Gasteiger partial charge on any atom is 0.407 e. The van der Waals surface area contributed by atoms with Crippen molar-refractivity contribution < 1.29 is 33.4 Å². The number of aromatic nitrogens is 4. The quantitative estimate of drug-likeness (QED) is 0.0975. The second kappa shape index (κ2) is 19.1. The first-order valence-corrected chi connectivity index (χ1v) is 22.2. The van der Waals surface area contributed by atoms with Gasteiger partial charge in [0.15, 0.2) is 0 Å². The first kappa shape index (κ1) is 45.4. The number of methoxy groups -OCH3 is 2. The second-order valence-electron chi connectivity index (χ2n) is 17.2. The van der Waals surface area contributed by atoms with Gasteiger partial charge in [-0.2, -0.15) is 0 Å². The number of benzene rings is 3. The molecule has 3 aliphatic rings. The highest BCUT2D eigenvalue weighted by atomic mass is 35.5. The van der Waals surface area contributed by atoms with Gasteiger partial charge >= 0.3 is 18.2 Å². The molecule has 344 valence electrons. The smallest absolute Gasteiger partial charge is 0.407 e. The number of carbonyl (C=O) groups is 5. The van der Waals surface area contributed by atoms with Gasteiger partial charge in [0.1, 0.15) is 29.8 Å². The minimum atomic E-state index is -0.904. The number of alkyl carbamates (subject to hydrolysis) is 2. The number of likely N-dealkylation sites (tertiary alicyclic amines) is 1. The largest absolute Gasteiger partial charge is 0.453 e. The van der Waals surface area contributed by atoms with Gasteiger partial charge < -0.3 is 49.7 Å². The monoisotopic (exact) mass is 916 g/mol. The van der Waals surface area contributed by atoms with Gasteiger partial charge in [0.05, 0.1) is 57.3 Å². The minimum Gasteiger partial charge on any atom is -0.453 e. The highest BCUT2D eigenvalue weighted by molar-refractivity contribution is 6.30. The molecule has 0 spiro atoms. The van der Waals surface area contributed by atoms with E-state index in [1.165, 1.54) is 14.2 Å². The third-order valence-corrected chi connectivity index (χ3v) is 12.7. The number of halogens is 1. The number of ether oxygens (including phenoxy) is 2. The maximum absolute atomic E-state index is 14.3. The van der Waals surface area contributed by atoms with Gasteiger partial charge in [-0.05, 0) is 76.8 Å². The lowest BCUT2D eigenvalue weighted by Gasteiger charge is -2.29. The third kappa shape index (κ3) is 9.34. The minimum absolute atomic E-state index is 0.00108. The molecule has 0 aliphatic carbocycles. The average Bonchev–Trinajstić information content (AvgIpc) is 4.18. The Balaban J connectivity index is 0.960. The molecule has 0 radical (unpaired) electrons. The first-order valence-electron chi connectivity index (χ1n) is 21.8. The molecule has 5 heterocycles. The summed E-state index contributed by atoms with van der Waals surface area (Å²) in [6, 6.07) is 18.8. The Kier molecular flexibility index (Phi) is 13.2. The number of urea groups is 1. The van der Waals surface area contributed by atoms with E-state index in [1.54, 1.807) is 38.9 Å². The van der Waals surface area contributed by atoms with E-state index < -0.39 is 30.3 Å². The van der Waals surface area contributed by atoms with Gasteiger partial charge in [-0.1, -0.05) is 86.6 Å². The Morgan fingerprint density at radius 1 is 0.742 bits per heavy atom. The summed E-state index contributed by atoms with van der Waals surface area (Å²) < 4.78 is 9.56. The molecule has 17 nitrogen and oxygen atoms in total. The first-order chi connectivity index (χ1) is 31.7. The number of imidazole rings is 2. The highest BCUT2D eigenvalue weighted by Crippen LogP contribution is 2.35. The summed E-state index contributed by atoms with van der Waals surface area (Å²) >= 11 is 6.25. The van der Waals surface area contributed by atoms with E-state index in [0.29, 0.717) is 41.9 Å². The molecule has 2 saturated heterocycles. The molecule has 8 rings (SSSR count). The van der Waals surface area contributed by atoms with Crippen LogP contribution >= 0.6 is 11.6 Å². The molecule has 6 amide bonds. The Hall–Kier alpha value is -7.14. The number of carbonyl (C=O) groups excluding carboxylic acids is 5. The zero-order chi connectivity index (χ0) is 46.8. The molecule has 66 heavy (non-hydrogen) atoms. The van der Waals surface area contributed by atoms with E-state index in [2.05, 4.69) is 32.2 Å². The molecule has 0 unspecified atom stereocenters. The van der Waals surface area contributed by atoms with Crippen LogP contribution in [0.25, 0.3) is 33.6 Å². The van der Waals surface area contributed by atoms with E-state index in [0.717, 1.165) is 57.6 Å². The van der Waals surface area contributed by atoms with Crippen LogP contribution in [0.2, 0.25) is 5.02 Å². The van der Waals surface area contributed by atoms with Crippen LogP contribution in [-0.2, 0) is 32.2 Å². The molecule has 0 bridgehead atoms. The van der Waals surface area contributed by atoms with E-state index >= 15 is 0 Å². The Bertz CT molecular complexity index is 2650. The molecule has 2 fully saturated rings. The average molecular weight is 917 g/mol. The predicted molar refractivity (Wildman–Crippen MR) is 246 cm³/mol. The molecular formula is C48H53ClN10O7. The Morgan fingerprint density at radius 2 is 1.30 bits per heavy atom. The van der Waals surface area contributed by atoms with Crippen molar-refractivity contribution in [3.63, 3.8) is 0 Å². The fourth-order valence-electron chi connectivity index (χ4n) is 8.86. The van der Waals surface area contributed by atoms with Crippen molar-refractivity contribution in [2.24, 2.45) is 5.92 Å². The number of H-pyrrole nitrogens is 2. The summed E-state index contributed by atoms with van der Waals surface area (Å²) in [4.78, 5) is 89.0. The molecule has 3 aromatic carbocycles. The van der Waals surface area contributed by atoms with Crippen molar-refractivity contribution in [3.05, 3.63) is 119 Å². The van der Waals surface area contributed by atoms with Gasteiger partial charge in [-0.3, -0.25) is 9.59 Å². The summed E-state index contributed by atoms with van der Waals surface area (Å²) in [5, 5.41) is 5.88. The predicted octanol–water partition coefficient (Wildman–Crippen LogP) is 7.41. The zero-order valence-electron chi connectivity index (χ0n) is 37.5. The Labute approximate surface area is 387 Å². The summed E-state index contributed by atoms with van der Waals surface area (Å²) in [5.74, 6) is 0.290. The molecule has 3 aliphatic heterocycles.